The molecular weight excluding hydrogens is 296 g/mol. The summed E-state index contributed by atoms with van der Waals surface area (Å²) < 4.78 is 5.24. The van der Waals surface area contributed by atoms with E-state index in [1.165, 1.54) is 28.4 Å². The normalized spacial score (nSPS) is 20.6. The molecule has 120 valence electrons. The maximum atomic E-state index is 10.1. The Labute approximate surface area is 135 Å². The van der Waals surface area contributed by atoms with Gasteiger partial charge in [-0.25, -0.2) is 4.98 Å². The largest absolute Gasteiger partial charge is 0.467 e. The molecule has 0 spiro atoms. The Morgan fingerprint density at radius 1 is 1.55 bits per heavy atom. The molecule has 0 aliphatic heterocycles. The lowest BCUT2D eigenvalue weighted by molar-refractivity contribution is 0.128. The van der Waals surface area contributed by atoms with Gasteiger partial charge in [0.05, 0.1) is 12.0 Å². The van der Waals surface area contributed by atoms with Crippen molar-refractivity contribution in [3.63, 3.8) is 0 Å². The minimum Gasteiger partial charge on any atom is -0.467 e. The Hall–Kier alpha value is -1.17. The van der Waals surface area contributed by atoms with Gasteiger partial charge in [-0.2, -0.15) is 0 Å². The summed E-state index contributed by atoms with van der Waals surface area (Å²) in [6.45, 7) is 5.18. The Morgan fingerprint density at radius 3 is 3.18 bits per heavy atom. The van der Waals surface area contributed by atoms with Crippen LogP contribution in [-0.2, 0) is 19.4 Å². The first-order valence-electron chi connectivity index (χ1n) is 8.04. The van der Waals surface area contributed by atoms with E-state index in [0.717, 1.165) is 18.9 Å². The molecule has 0 bridgehead atoms. The molecule has 0 amide bonds. The fourth-order valence-corrected chi connectivity index (χ4v) is 4.17. The van der Waals surface area contributed by atoms with Crippen molar-refractivity contribution in [2.45, 2.75) is 58.2 Å². The minimum absolute atomic E-state index is 0.208. The highest BCUT2D eigenvalue weighted by molar-refractivity contribution is 7.11. The van der Waals surface area contributed by atoms with E-state index in [1.807, 2.05) is 17.4 Å². The molecule has 2 aromatic heterocycles. The molecule has 2 aromatic rings. The molecule has 0 fully saturated rings. The summed E-state index contributed by atoms with van der Waals surface area (Å²) in [6, 6.07) is 3.82. The van der Waals surface area contributed by atoms with E-state index >= 15 is 0 Å². The van der Waals surface area contributed by atoms with Gasteiger partial charge >= 0.3 is 0 Å². The average Bonchev–Trinajstić information content (AvgIpc) is 3.13. The predicted molar refractivity (Wildman–Crippen MR) is 87.9 cm³/mol. The summed E-state index contributed by atoms with van der Waals surface area (Å²) >= 11 is 1.84. The van der Waals surface area contributed by atoms with Crippen molar-refractivity contribution in [2.24, 2.45) is 5.92 Å². The van der Waals surface area contributed by atoms with Crippen LogP contribution in [0.1, 0.15) is 54.1 Å². The minimum atomic E-state index is -0.553. The number of hydrogen-bond donors (Lipinski definition) is 2. The van der Waals surface area contributed by atoms with Crippen molar-refractivity contribution in [2.75, 3.05) is 0 Å². The van der Waals surface area contributed by atoms with Crippen LogP contribution >= 0.6 is 11.3 Å². The van der Waals surface area contributed by atoms with Crippen molar-refractivity contribution < 1.29 is 9.52 Å². The van der Waals surface area contributed by atoms with E-state index in [-0.39, 0.29) is 6.04 Å². The van der Waals surface area contributed by atoms with Crippen LogP contribution in [-0.4, -0.2) is 16.1 Å². The van der Waals surface area contributed by atoms with E-state index < -0.39 is 6.10 Å². The summed E-state index contributed by atoms with van der Waals surface area (Å²) in [7, 11) is 0. The van der Waals surface area contributed by atoms with Crippen molar-refractivity contribution in [1.82, 2.24) is 10.3 Å². The number of rotatable bonds is 6. The molecule has 2 N–H and O–H groups in total. The molecule has 1 aliphatic carbocycles. The number of aliphatic hydroxyl groups excluding tert-OH is 1. The summed E-state index contributed by atoms with van der Waals surface area (Å²) in [5.41, 5.74) is 1.31. The summed E-state index contributed by atoms with van der Waals surface area (Å²) in [5, 5.41) is 14.7. The molecule has 0 aromatic carbocycles. The average molecular weight is 320 g/mol. The van der Waals surface area contributed by atoms with Gasteiger partial charge in [0.1, 0.15) is 16.9 Å². The lowest BCUT2D eigenvalue weighted by atomic mass is 9.93. The van der Waals surface area contributed by atoms with E-state index in [2.05, 4.69) is 19.2 Å². The Morgan fingerprint density at radius 2 is 2.41 bits per heavy atom. The molecule has 0 radical (unpaired) electrons. The number of fused-ring (bicyclic) bond motifs is 1. The van der Waals surface area contributed by atoms with Crippen LogP contribution < -0.4 is 5.32 Å². The first kappa shape index (κ1) is 15.7. The standard InChI is InChI=1S/C17H24N2O2S/c1-11-5-6-13-16(8-11)22-17(19-13)10-18-12(2)9-14(20)15-4-3-7-21-15/h3-4,7,11-12,14,18,20H,5-6,8-10H2,1-2H3. The second-order valence-electron chi connectivity index (χ2n) is 6.37. The summed E-state index contributed by atoms with van der Waals surface area (Å²) in [5.74, 6) is 1.42. The molecule has 4 nitrogen and oxygen atoms in total. The topological polar surface area (TPSA) is 58.3 Å². The molecule has 3 rings (SSSR count). The Kier molecular flexibility index (Phi) is 4.96. The predicted octanol–water partition coefficient (Wildman–Crippen LogP) is 3.46. The molecule has 3 atom stereocenters. The van der Waals surface area contributed by atoms with Crippen LogP contribution in [0.5, 0.6) is 0 Å². The third kappa shape index (κ3) is 3.77. The summed E-state index contributed by atoms with van der Waals surface area (Å²) in [6.07, 6.45) is 5.24. The van der Waals surface area contributed by atoms with Crippen LogP contribution in [0, 0.1) is 5.92 Å². The van der Waals surface area contributed by atoms with Crippen molar-refractivity contribution >= 4 is 11.3 Å². The number of furan rings is 1. The fraction of sp³-hybridized carbons (Fsp3) is 0.588. The SMILES string of the molecule is CC1CCc2nc(CNC(C)CC(O)c3ccco3)sc2C1. The Balaban J connectivity index is 1.50. The number of aliphatic hydroxyl groups is 1. The number of aromatic nitrogens is 1. The highest BCUT2D eigenvalue weighted by Crippen LogP contribution is 2.29. The smallest absolute Gasteiger partial charge is 0.132 e. The molecule has 0 saturated carbocycles. The Bertz CT molecular complexity index is 594. The summed E-state index contributed by atoms with van der Waals surface area (Å²) in [4.78, 5) is 6.23. The van der Waals surface area contributed by atoms with Gasteiger partial charge in [-0.15, -0.1) is 11.3 Å². The van der Waals surface area contributed by atoms with Gasteiger partial charge in [-0.1, -0.05) is 6.92 Å². The quantitative estimate of drug-likeness (QED) is 0.856. The van der Waals surface area contributed by atoms with Gasteiger partial charge in [0.25, 0.3) is 0 Å². The second kappa shape index (κ2) is 6.94. The van der Waals surface area contributed by atoms with E-state index in [0.29, 0.717) is 12.2 Å². The van der Waals surface area contributed by atoms with Gasteiger partial charge in [-0.05, 0) is 50.7 Å². The number of nitrogens with zero attached hydrogens (tertiary/aromatic N) is 1. The van der Waals surface area contributed by atoms with Crippen LogP contribution in [0.3, 0.4) is 0 Å². The maximum Gasteiger partial charge on any atom is 0.132 e. The van der Waals surface area contributed by atoms with Crippen LogP contribution in [0.15, 0.2) is 22.8 Å². The van der Waals surface area contributed by atoms with Crippen molar-refractivity contribution in [3.8, 4) is 0 Å². The zero-order chi connectivity index (χ0) is 15.5. The second-order valence-corrected chi connectivity index (χ2v) is 7.54. The highest BCUT2D eigenvalue weighted by Gasteiger charge is 2.20. The van der Waals surface area contributed by atoms with E-state index in [9.17, 15) is 5.11 Å². The van der Waals surface area contributed by atoms with Gasteiger partial charge in [0.15, 0.2) is 0 Å². The number of nitrogens with one attached hydrogen (secondary N) is 1. The lowest BCUT2D eigenvalue weighted by Gasteiger charge is -2.15. The van der Waals surface area contributed by atoms with E-state index in [4.69, 9.17) is 9.40 Å². The fourth-order valence-electron chi connectivity index (χ4n) is 2.95. The van der Waals surface area contributed by atoms with Crippen LogP contribution in [0.4, 0.5) is 0 Å². The lowest BCUT2D eigenvalue weighted by Crippen LogP contribution is -2.27. The molecule has 0 saturated heterocycles. The van der Waals surface area contributed by atoms with E-state index in [1.54, 1.807) is 12.3 Å². The number of aryl methyl sites for hydroxylation is 1. The van der Waals surface area contributed by atoms with Crippen molar-refractivity contribution in [1.29, 1.82) is 0 Å². The van der Waals surface area contributed by atoms with Gasteiger partial charge in [0, 0.05) is 17.5 Å². The maximum absolute atomic E-state index is 10.1. The van der Waals surface area contributed by atoms with Crippen LogP contribution in [0.25, 0.3) is 0 Å². The number of hydrogen-bond acceptors (Lipinski definition) is 5. The molecule has 22 heavy (non-hydrogen) atoms. The molecule has 5 heteroatoms. The van der Waals surface area contributed by atoms with Gasteiger partial charge < -0.3 is 14.8 Å². The zero-order valence-corrected chi connectivity index (χ0v) is 14.0. The zero-order valence-electron chi connectivity index (χ0n) is 13.2. The highest BCUT2D eigenvalue weighted by atomic mass is 32.1. The van der Waals surface area contributed by atoms with Gasteiger partial charge in [0.2, 0.25) is 0 Å². The number of thiazole rings is 1. The third-order valence-corrected chi connectivity index (χ3v) is 5.40. The molecular formula is C17H24N2O2S. The monoisotopic (exact) mass is 320 g/mol. The van der Waals surface area contributed by atoms with Gasteiger partial charge in [-0.3, -0.25) is 0 Å². The molecule has 3 unspecified atom stereocenters. The van der Waals surface area contributed by atoms with Crippen LogP contribution in [0.2, 0.25) is 0 Å². The molecule has 1 aliphatic rings. The third-order valence-electron chi connectivity index (χ3n) is 4.28. The molecule has 2 heterocycles. The van der Waals surface area contributed by atoms with Crippen molar-refractivity contribution in [3.05, 3.63) is 39.7 Å². The first-order chi connectivity index (χ1) is 10.6. The first-order valence-corrected chi connectivity index (χ1v) is 8.85.